The average molecular weight is 335 g/mol. The first-order valence-corrected chi connectivity index (χ1v) is 8.72. The summed E-state index contributed by atoms with van der Waals surface area (Å²) in [6, 6.07) is 16.0. The minimum absolute atomic E-state index is 0.209. The van der Waals surface area contributed by atoms with Gasteiger partial charge in [-0.2, -0.15) is 0 Å². The SMILES string of the molecule is CCc1cccc(N2CC(O)=C(c3nc4ccccc4s3)C2=N)c1. The number of nitrogens with zero attached hydrogens (tertiary/aromatic N) is 2. The Labute approximate surface area is 144 Å². The normalized spacial score (nSPS) is 14.9. The van der Waals surface area contributed by atoms with Crippen LogP contribution in [-0.4, -0.2) is 22.5 Å². The average Bonchev–Trinajstić information content (AvgIpc) is 3.15. The van der Waals surface area contributed by atoms with Gasteiger partial charge in [0.2, 0.25) is 0 Å². The Morgan fingerprint density at radius 3 is 2.83 bits per heavy atom. The molecule has 0 amide bonds. The van der Waals surface area contributed by atoms with Crippen molar-refractivity contribution in [3.63, 3.8) is 0 Å². The van der Waals surface area contributed by atoms with Gasteiger partial charge in [0, 0.05) is 5.69 Å². The van der Waals surface area contributed by atoms with Crippen LogP contribution < -0.4 is 4.90 Å². The fraction of sp³-hybridized carbons (Fsp3) is 0.158. The van der Waals surface area contributed by atoms with E-state index in [0.717, 1.165) is 22.3 Å². The highest BCUT2D eigenvalue weighted by atomic mass is 32.1. The van der Waals surface area contributed by atoms with Crippen molar-refractivity contribution in [3.05, 3.63) is 64.9 Å². The maximum absolute atomic E-state index is 10.5. The van der Waals surface area contributed by atoms with Gasteiger partial charge in [0.1, 0.15) is 16.6 Å². The number of hydrogen-bond donors (Lipinski definition) is 2. The second-order valence-corrected chi connectivity index (χ2v) is 6.80. The highest BCUT2D eigenvalue weighted by Gasteiger charge is 2.31. The molecule has 1 aliphatic heterocycles. The minimum atomic E-state index is 0.209. The number of aliphatic hydroxyl groups is 1. The fourth-order valence-corrected chi connectivity index (χ4v) is 3.98. The molecule has 0 saturated carbocycles. The first kappa shape index (κ1) is 14.9. The van der Waals surface area contributed by atoms with E-state index < -0.39 is 0 Å². The van der Waals surface area contributed by atoms with Crippen molar-refractivity contribution in [2.24, 2.45) is 0 Å². The predicted molar refractivity (Wildman–Crippen MR) is 100 cm³/mol. The molecule has 0 atom stereocenters. The highest BCUT2D eigenvalue weighted by Crippen LogP contribution is 2.35. The first-order chi connectivity index (χ1) is 11.7. The lowest BCUT2D eigenvalue weighted by Gasteiger charge is -2.19. The Morgan fingerprint density at radius 1 is 1.21 bits per heavy atom. The van der Waals surface area contributed by atoms with E-state index in [1.54, 1.807) is 0 Å². The van der Waals surface area contributed by atoms with Crippen LogP contribution in [0, 0.1) is 5.41 Å². The molecule has 1 aliphatic rings. The summed E-state index contributed by atoms with van der Waals surface area (Å²) in [7, 11) is 0. The number of aliphatic hydroxyl groups excluding tert-OH is 1. The summed E-state index contributed by atoms with van der Waals surface area (Å²) < 4.78 is 1.06. The molecule has 0 radical (unpaired) electrons. The third-order valence-electron chi connectivity index (χ3n) is 4.24. The lowest BCUT2D eigenvalue weighted by Crippen LogP contribution is -2.26. The van der Waals surface area contributed by atoms with E-state index in [1.165, 1.54) is 16.9 Å². The van der Waals surface area contributed by atoms with E-state index in [0.29, 0.717) is 23.0 Å². The zero-order valence-corrected chi connectivity index (χ0v) is 14.1. The van der Waals surface area contributed by atoms with Gasteiger partial charge in [-0.25, -0.2) is 4.98 Å². The van der Waals surface area contributed by atoms with Crippen LogP contribution in [0.2, 0.25) is 0 Å². The van der Waals surface area contributed by atoms with Crippen LogP contribution in [0.1, 0.15) is 17.5 Å². The van der Waals surface area contributed by atoms with Gasteiger partial charge in [-0.1, -0.05) is 31.2 Å². The van der Waals surface area contributed by atoms with E-state index in [4.69, 9.17) is 5.41 Å². The lowest BCUT2D eigenvalue weighted by molar-refractivity contribution is 0.411. The number of amidine groups is 1. The smallest absolute Gasteiger partial charge is 0.139 e. The molecule has 0 aliphatic carbocycles. The fourth-order valence-electron chi connectivity index (χ4n) is 2.95. The number of fused-ring (bicyclic) bond motifs is 1. The second-order valence-electron chi connectivity index (χ2n) is 5.77. The zero-order chi connectivity index (χ0) is 16.7. The van der Waals surface area contributed by atoms with Crippen molar-refractivity contribution >= 4 is 38.6 Å². The Morgan fingerprint density at radius 2 is 2.04 bits per heavy atom. The summed E-state index contributed by atoms with van der Waals surface area (Å²) in [5.41, 5.74) is 3.59. The molecule has 5 heteroatoms. The Bertz CT molecular complexity index is 940. The van der Waals surface area contributed by atoms with Gasteiger partial charge in [0.05, 0.1) is 22.3 Å². The molecule has 0 saturated heterocycles. The molecule has 3 aromatic rings. The number of nitrogens with one attached hydrogen (secondary N) is 1. The summed E-state index contributed by atoms with van der Waals surface area (Å²) in [6.07, 6.45) is 0.944. The molecule has 4 rings (SSSR count). The van der Waals surface area contributed by atoms with Crippen LogP contribution in [0.4, 0.5) is 5.69 Å². The van der Waals surface area contributed by atoms with Crippen molar-refractivity contribution in [3.8, 4) is 0 Å². The molecule has 24 heavy (non-hydrogen) atoms. The van der Waals surface area contributed by atoms with E-state index in [-0.39, 0.29) is 5.76 Å². The zero-order valence-electron chi connectivity index (χ0n) is 13.3. The molecule has 0 fully saturated rings. The summed E-state index contributed by atoms with van der Waals surface area (Å²) in [4.78, 5) is 6.42. The monoisotopic (exact) mass is 335 g/mol. The van der Waals surface area contributed by atoms with Crippen LogP contribution in [0.25, 0.3) is 15.8 Å². The first-order valence-electron chi connectivity index (χ1n) is 7.91. The number of thiazole rings is 1. The highest BCUT2D eigenvalue weighted by molar-refractivity contribution is 7.19. The van der Waals surface area contributed by atoms with Gasteiger partial charge in [0.25, 0.3) is 0 Å². The molecule has 0 bridgehead atoms. The van der Waals surface area contributed by atoms with Gasteiger partial charge in [-0.15, -0.1) is 11.3 Å². The minimum Gasteiger partial charge on any atom is -0.510 e. The van der Waals surface area contributed by atoms with Crippen molar-refractivity contribution in [2.75, 3.05) is 11.4 Å². The number of para-hydroxylation sites is 1. The summed E-state index contributed by atoms with van der Waals surface area (Å²) in [5, 5.41) is 19.7. The van der Waals surface area contributed by atoms with Gasteiger partial charge in [0.15, 0.2) is 0 Å². The molecule has 120 valence electrons. The molecule has 2 N–H and O–H groups in total. The molecular formula is C19H17N3OS. The molecule has 2 heterocycles. The van der Waals surface area contributed by atoms with Gasteiger partial charge in [-0.05, 0) is 36.2 Å². The Balaban J connectivity index is 1.72. The van der Waals surface area contributed by atoms with Crippen LogP contribution in [0.5, 0.6) is 0 Å². The van der Waals surface area contributed by atoms with E-state index >= 15 is 0 Å². The lowest BCUT2D eigenvalue weighted by atomic mass is 10.1. The van der Waals surface area contributed by atoms with Crippen LogP contribution >= 0.6 is 11.3 Å². The largest absolute Gasteiger partial charge is 0.510 e. The van der Waals surface area contributed by atoms with E-state index in [1.807, 2.05) is 41.3 Å². The summed E-state index contributed by atoms with van der Waals surface area (Å²) >= 11 is 1.51. The maximum atomic E-state index is 10.5. The molecular weight excluding hydrogens is 318 g/mol. The van der Waals surface area contributed by atoms with Crippen molar-refractivity contribution in [1.82, 2.24) is 4.98 Å². The van der Waals surface area contributed by atoms with Gasteiger partial charge < -0.3 is 10.0 Å². The third kappa shape index (κ3) is 2.37. The topological polar surface area (TPSA) is 60.2 Å². The number of anilines is 1. The molecule has 4 nitrogen and oxygen atoms in total. The van der Waals surface area contributed by atoms with Crippen molar-refractivity contribution in [2.45, 2.75) is 13.3 Å². The van der Waals surface area contributed by atoms with E-state index in [2.05, 4.69) is 24.0 Å². The molecule has 2 aromatic carbocycles. The second kappa shape index (κ2) is 5.76. The summed E-state index contributed by atoms with van der Waals surface area (Å²) in [5.74, 6) is 0.515. The third-order valence-corrected chi connectivity index (χ3v) is 5.30. The van der Waals surface area contributed by atoms with Crippen molar-refractivity contribution in [1.29, 1.82) is 5.41 Å². The van der Waals surface area contributed by atoms with Crippen LogP contribution in [0.3, 0.4) is 0 Å². The Hall–Kier alpha value is -2.66. The van der Waals surface area contributed by atoms with Gasteiger partial charge >= 0.3 is 0 Å². The standard InChI is InChI=1S/C19H17N3OS/c1-2-12-6-5-7-13(10-12)22-11-15(23)17(18(22)20)19-21-14-8-3-4-9-16(14)24-19/h3-10,20,23H,2,11H2,1H3. The number of aromatic nitrogens is 1. The van der Waals surface area contributed by atoms with Gasteiger partial charge in [-0.3, -0.25) is 5.41 Å². The van der Waals surface area contributed by atoms with Crippen LogP contribution in [-0.2, 0) is 6.42 Å². The quantitative estimate of drug-likeness (QED) is 0.734. The molecule has 0 spiro atoms. The number of rotatable bonds is 3. The van der Waals surface area contributed by atoms with Crippen molar-refractivity contribution < 1.29 is 5.11 Å². The van der Waals surface area contributed by atoms with Crippen LogP contribution in [0.15, 0.2) is 54.3 Å². The molecule has 0 unspecified atom stereocenters. The number of hydrogen-bond acceptors (Lipinski definition) is 4. The maximum Gasteiger partial charge on any atom is 0.139 e. The predicted octanol–water partition coefficient (Wildman–Crippen LogP) is 4.63. The number of benzene rings is 2. The molecule has 1 aromatic heterocycles. The summed E-state index contributed by atoms with van der Waals surface area (Å²) in [6.45, 7) is 2.42. The number of aryl methyl sites for hydroxylation is 1. The Kier molecular flexibility index (Phi) is 3.58. The van der Waals surface area contributed by atoms with E-state index in [9.17, 15) is 5.11 Å².